The highest BCUT2D eigenvalue weighted by Gasteiger charge is 2.35. The molecule has 0 aromatic heterocycles. The first-order valence-corrected chi connectivity index (χ1v) is 11.8. The molecule has 1 amide bonds. The predicted molar refractivity (Wildman–Crippen MR) is 130 cm³/mol. The zero-order chi connectivity index (χ0) is 23.5. The van der Waals surface area contributed by atoms with Crippen molar-refractivity contribution in [3.05, 3.63) is 101 Å². The number of carbonyl (C=O) groups is 2. The highest BCUT2D eigenvalue weighted by molar-refractivity contribution is 6.52. The first kappa shape index (κ1) is 22.4. The molecular weight excluding hydrogens is 429 g/mol. The zero-order valence-corrected chi connectivity index (χ0v) is 19.1. The molecule has 5 rings (SSSR count). The first-order valence-electron chi connectivity index (χ1n) is 11.8. The van der Waals surface area contributed by atoms with Crippen molar-refractivity contribution in [2.45, 2.75) is 12.5 Å². The molecule has 3 aromatic carbocycles. The lowest BCUT2D eigenvalue weighted by atomic mass is 9.96. The number of benzene rings is 3. The van der Waals surface area contributed by atoms with Crippen LogP contribution in [0.4, 0.5) is 10.1 Å². The largest absolute Gasteiger partial charge is 0.305 e. The van der Waals surface area contributed by atoms with Gasteiger partial charge in [0.1, 0.15) is 5.82 Å². The zero-order valence-electron chi connectivity index (χ0n) is 19.1. The molecule has 0 atom stereocenters. The highest BCUT2D eigenvalue weighted by Crippen LogP contribution is 2.31. The van der Waals surface area contributed by atoms with Gasteiger partial charge >= 0.3 is 0 Å². The van der Waals surface area contributed by atoms with Crippen LogP contribution in [0.15, 0.2) is 78.9 Å². The Labute approximate surface area is 199 Å². The molecule has 2 aliphatic heterocycles. The molecule has 2 aliphatic rings. The molecule has 5 nitrogen and oxygen atoms in total. The van der Waals surface area contributed by atoms with Gasteiger partial charge in [0.15, 0.2) is 0 Å². The molecule has 0 unspecified atom stereocenters. The molecule has 0 saturated carbocycles. The van der Waals surface area contributed by atoms with Crippen molar-refractivity contribution in [2.24, 2.45) is 0 Å². The fourth-order valence-electron chi connectivity index (χ4n) is 5.07. The maximum absolute atomic E-state index is 13.7. The van der Waals surface area contributed by atoms with Gasteiger partial charge in [-0.1, -0.05) is 60.7 Å². The Balaban J connectivity index is 1.19. The third-order valence-corrected chi connectivity index (χ3v) is 6.79. The number of amides is 1. The second kappa shape index (κ2) is 9.87. The molecular formula is C28H28FN3O2. The average molecular weight is 458 g/mol. The van der Waals surface area contributed by atoms with E-state index in [1.54, 1.807) is 0 Å². The molecule has 0 N–H and O–H groups in total. The summed E-state index contributed by atoms with van der Waals surface area (Å²) in [5.41, 5.74) is 3.29. The summed E-state index contributed by atoms with van der Waals surface area (Å²) >= 11 is 0. The van der Waals surface area contributed by atoms with Crippen molar-refractivity contribution in [3.8, 4) is 0 Å². The molecule has 0 radical (unpaired) electrons. The maximum atomic E-state index is 13.7. The summed E-state index contributed by atoms with van der Waals surface area (Å²) in [5, 5.41) is 0. The van der Waals surface area contributed by atoms with Crippen LogP contribution in [0.2, 0.25) is 0 Å². The smallest absolute Gasteiger partial charge is 0.299 e. The van der Waals surface area contributed by atoms with Crippen molar-refractivity contribution < 1.29 is 14.0 Å². The molecule has 6 heteroatoms. The number of carbonyl (C=O) groups excluding carboxylic acids is 2. The number of hydrogen-bond acceptors (Lipinski definition) is 4. The van der Waals surface area contributed by atoms with Crippen molar-refractivity contribution in [1.82, 2.24) is 9.80 Å². The number of piperazine rings is 1. The maximum Gasteiger partial charge on any atom is 0.299 e. The summed E-state index contributed by atoms with van der Waals surface area (Å²) in [6, 6.07) is 25.4. The molecule has 34 heavy (non-hydrogen) atoms. The van der Waals surface area contributed by atoms with E-state index in [-0.39, 0.29) is 6.04 Å². The van der Waals surface area contributed by atoms with Crippen molar-refractivity contribution in [2.75, 3.05) is 44.2 Å². The number of hydrogen-bond donors (Lipinski definition) is 0. The van der Waals surface area contributed by atoms with Gasteiger partial charge in [-0.2, -0.15) is 0 Å². The fourth-order valence-corrected chi connectivity index (χ4v) is 5.07. The standard InChI is InChI=1S/C28H28FN3O2/c29-23-12-13-24-25(20-23)32(28(34)27(24)33)15-7-14-30-16-18-31(19-17-30)26(21-8-3-1-4-9-21)22-10-5-2-6-11-22/h1-6,8-13,20,26H,7,14-19H2. The van der Waals surface area contributed by atoms with Crippen LogP contribution in [0.3, 0.4) is 0 Å². The summed E-state index contributed by atoms with van der Waals surface area (Å²) in [5.74, 6) is -1.54. The van der Waals surface area contributed by atoms with Gasteiger partial charge in [0.05, 0.1) is 17.3 Å². The number of ketones is 1. The number of nitrogens with zero attached hydrogens (tertiary/aromatic N) is 3. The Morgan fingerprint density at radius 3 is 2.00 bits per heavy atom. The third-order valence-electron chi connectivity index (χ3n) is 6.79. The molecule has 0 aliphatic carbocycles. The second-order valence-corrected chi connectivity index (χ2v) is 8.90. The van der Waals surface area contributed by atoms with E-state index in [9.17, 15) is 14.0 Å². The minimum atomic E-state index is -0.556. The van der Waals surface area contributed by atoms with Crippen LogP contribution >= 0.6 is 0 Å². The number of rotatable bonds is 7. The van der Waals surface area contributed by atoms with E-state index in [2.05, 4.69) is 70.5 Å². The number of Topliss-reactive ketones (excluding diaryl/α,β-unsaturated/α-hetero) is 1. The van der Waals surface area contributed by atoms with Gasteiger partial charge in [0.2, 0.25) is 0 Å². The fraction of sp³-hybridized carbons (Fsp3) is 0.286. The van der Waals surface area contributed by atoms with Crippen LogP contribution in [-0.2, 0) is 4.79 Å². The van der Waals surface area contributed by atoms with Crippen LogP contribution in [-0.4, -0.2) is 60.8 Å². The van der Waals surface area contributed by atoms with Gasteiger partial charge in [0, 0.05) is 32.7 Å². The lowest BCUT2D eigenvalue weighted by molar-refractivity contribution is -0.114. The lowest BCUT2D eigenvalue weighted by Gasteiger charge is -2.40. The van der Waals surface area contributed by atoms with E-state index in [1.165, 1.54) is 34.2 Å². The van der Waals surface area contributed by atoms with Crippen molar-refractivity contribution in [3.63, 3.8) is 0 Å². The topological polar surface area (TPSA) is 43.9 Å². The Kier molecular flexibility index (Phi) is 6.52. The van der Waals surface area contributed by atoms with E-state index >= 15 is 0 Å². The molecule has 0 bridgehead atoms. The van der Waals surface area contributed by atoms with E-state index < -0.39 is 17.5 Å². The van der Waals surface area contributed by atoms with Gasteiger partial charge in [0.25, 0.3) is 11.7 Å². The van der Waals surface area contributed by atoms with Crippen LogP contribution in [0.5, 0.6) is 0 Å². The van der Waals surface area contributed by atoms with Gasteiger partial charge in [-0.15, -0.1) is 0 Å². The second-order valence-electron chi connectivity index (χ2n) is 8.90. The van der Waals surface area contributed by atoms with Gasteiger partial charge in [-0.05, 0) is 42.3 Å². The minimum Gasteiger partial charge on any atom is -0.305 e. The number of halogens is 1. The van der Waals surface area contributed by atoms with Gasteiger partial charge < -0.3 is 9.80 Å². The monoisotopic (exact) mass is 457 g/mol. The summed E-state index contributed by atoms with van der Waals surface area (Å²) < 4.78 is 13.7. The first-order chi connectivity index (χ1) is 16.6. The average Bonchev–Trinajstić information content (AvgIpc) is 3.10. The summed E-state index contributed by atoms with van der Waals surface area (Å²) in [4.78, 5) is 30.9. The quantitative estimate of drug-likeness (QED) is 0.500. The molecule has 1 fully saturated rings. The molecule has 0 spiro atoms. The highest BCUT2D eigenvalue weighted by atomic mass is 19.1. The van der Waals surface area contributed by atoms with E-state index in [4.69, 9.17) is 0 Å². The Morgan fingerprint density at radius 1 is 0.765 bits per heavy atom. The summed E-state index contributed by atoms with van der Waals surface area (Å²) in [6.07, 6.45) is 0.732. The number of anilines is 1. The normalized spacial score (nSPS) is 16.9. The number of fused-ring (bicyclic) bond motifs is 1. The van der Waals surface area contributed by atoms with Crippen molar-refractivity contribution in [1.29, 1.82) is 0 Å². The van der Waals surface area contributed by atoms with Gasteiger partial charge in [-0.3, -0.25) is 14.5 Å². The van der Waals surface area contributed by atoms with Crippen LogP contribution in [0.1, 0.15) is 33.9 Å². The van der Waals surface area contributed by atoms with Crippen molar-refractivity contribution >= 4 is 17.4 Å². The summed E-state index contributed by atoms with van der Waals surface area (Å²) in [7, 11) is 0. The minimum absolute atomic E-state index is 0.226. The molecule has 2 heterocycles. The lowest BCUT2D eigenvalue weighted by Crippen LogP contribution is -2.48. The molecule has 1 saturated heterocycles. The third kappa shape index (κ3) is 4.52. The van der Waals surface area contributed by atoms with E-state index in [0.29, 0.717) is 17.8 Å². The van der Waals surface area contributed by atoms with Crippen LogP contribution in [0.25, 0.3) is 0 Å². The Bertz CT molecular complexity index is 1120. The SMILES string of the molecule is O=C1C(=O)N(CCCN2CCN(C(c3ccccc3)c3ccccc3)CC2)c2cc(F)ccc21. The Hall–Kier alpha value is -3.35. The van der Waals surface area contributed by atoms with Gasteiger partial charge in [-0.25, -0.2) is 4.39 Å². The molecule has 174 valence electrons. The van der Waals surface area contributed by atoms with E-state index in [1.807, 2.05) is 0 Å². The Morgan fingerprint density at radius 2 is 1.38 bits per heavy atom. The van der Waals surface area contributed by atoms with E-state index in [0.717, 1.165) is 39.1 Å². The molecule has 3 aromatic rings. The van der Waals surface area contributed by atoms with Crippen LogP contribution < -0.4 is 4.90 Å². The van der Waals surface area contributed by atoms with Crippen LogP contribution in [0, 0.1) is 5.82 Å². The summed E-state index contributed by atoms with van der Waals surface area (Å²) in [6.45, 7) is 5.02. The predicted octanol–water partition coefficient (Wildman–Crippen LogP) is 4.15.